The SMILES string of the molecule is COC(=O)c1ccc(NC(=O)C(C)Sc2ncn(-c3ccccc3)n2)cc1. The summed E-state index contributed by atoms with van der Waals surface area (Å²) in [4.78, 5) is 28.1. The Bertz CT molecular complexity index is 926. The summed E-state index contributed by atoms with van der Waals surface area (Å²) in [7, 11) is 1.32. The molecule has 1 heterocycles. The minimum absolute atomic E-state index is 0.179. The largest absolute Gasteiger partial charge is 0.465 e. The second-order valence-electron chi connectivity index (χ2n) is 5.63. The molecule has 0 spiro atoms. The number of nitrogens with zero attached hydrogens (tertiary/aromatic N) is 3. The van der Waals surface area contributed by atoms with Crippen LogP contribution >= 0.6 is 11.8 Å². The number of methoxy groups -OCH3 is 1. The first-order valence-corrected chi connectivity index (χ1v) is 9.08. The second kappa shape index (κ2) is 8.50. The van der Waals surface area contributed by atoms with Crippen molar-refractivity contribution in [2.45, 2.75) is 17.3 Å². The fourth-order valence-electron chi connectivity index (χ4n) is 2.27. The van der Waals surface area contributed by atoms with Gasteiger partial charge >= 0.3 is 5.97 Å². The molecule has 1 unspecified atom stereocenters. The average molecular weight is 382 g/mol. The van der Waals surface area contributed by atoms with E-state index in [0.29, 0.717) is 16.4 Å². The highest BCUT2D eigenvalue weighted by atomic mass is 32.2. The molecule has 0 saturated heterocycles. The quantitative estimate of drug-likeness (QED) is 0.521. The minimum Gasteiger partial charge on any atom is -0.465 e. The van der Waals surface area contributed by atoms with E-state index in [4.69, 9.17) is 0 Å². The Morgan fingerprint density at radius 2 is 1.81 bits per heavy atom. The zero-order valence-corrected chi connectivity index (χ0v) is 15.6. The summed E-state index contributed by atoms with van der Waals surface area (Å²) in [6, 6.07) is 16.1. The zero-order valence-electron chi connectivity index (χ0n) is 14.8. The summed E-state index contributed by atoms with van der Waals surface area (Å²) in [5.74, 6) is -0.598. The maximum Gasteiger partial charge on any atom is 0.337 e. The molecule has 3 rings (SSSR count). The van der Waals surface area contributed by atoms with E-state index in [2.05, 4.69) is 20.1 Å². The molecular formula is C19H18N4O3S. The van der Waals surface area contributed by atoms with E-state index in [1.807, 2.05) is 30.3 Å². The normalized spacial score (nSPS) is 11.6. The Hall–Kier alpha value is -3.13. The van der Waals surface area contributed by atoms with Crippen molar-refractivity contribution in [3.63, 3.8) is 0 Å². The number of ether oxygens (including phenoxy) is 1. The van der Waals surface area contributed by atoms with Crippen LogP contribution in [0.25, 0.3) is 5.69 Å². The summed E-state index contributed by atoms with van der Waals surface area (Å²) in [6.45, 7) is 1.78. The van der Waals surface area contributed by atoms with Crippen LogP contribution in [0.5, 0.6) is 0 Å². The summed E-state index contributed by atoms with van der Waals surface area (Å²) in [6.07, 6.45) is 1.62. The minimum atomic E-state index is -0.420. The maximum absolute atomic E-state index is 12.4. The first kappa shape index (κ1) is 18.7. The number of benzene rings is 2. The number of hydrogen-bond donors (Lipinski definition) is 1. The molecule has 0 aliphatic rings. The Labute approximate surface area is 160 Å². The molecule has 0 aliphatic carbocycles. The van der Waals surface area contributed by atoms with Crippen LogP contribution in [-0.4, -0.2) is 39.0 Å². The molecule has 0 saturated carbocycles. The van der Waals surface area contributed by atoms with E-state index < -0.39 is 11.2 Å². The lowest BCUT2D eigenvalue weighted by Gasteiger charge is -2.10. The molecule has 1 N–H and O–H groups in total. The van der Waals surface area contributed by atoms with Crippen LogP contribution < -0.4 is 5.32 Å². The summed E-state index contributed by atoms with van der Waals surface area (Å²) >= 11 is 1.27. The van der Waals surface area contributed by atoms with Gasteiger partial charge in [-0.3, -0.25) is 4.79 Å². The molecule has 1 amide bonds. The van der Waals surface area contributed by atoms with Crippen molar-refractivity contribution in [2.75, 3.05) is 12.4 Å². The molecule has 1 aromatic heterocycles. The van der Waals surface area contributed by atoms with Gasteiger partial charge in [-0.2, -0.15) is 0 Å². The smallest absolute Gasteiger partial charge is 0.337 e. The fraction of sp³-hybridized carbons (Fsp3) is 0.158. The number of carbonyl (C=O) groups is 2. The standard InChI is InChI=1S/C19H18N4O3S/c1-13(17(24)21-15-10-8-14(9-11-15)18(25)26-2)27-19-20-12-23(22-19)16-6-4-3-5-7-16/h3-13H,1-2H3,(H,21,24). The number of anilines is 1. The van der Waals surface area contributed by atoms with Gasteiger partial charge < -0.3 is 10.1 Å². The average Bonchev–Trinajstić information content (AvgIpc) is 3.17. The lowest BCUT2D eigenvalue weighted by molar-refractivity contribution is -0.115. The molecule has 2 aromatic carbocycles. The first-order valence-electron chi connectivity index (χ1n) is 8.20. The molecule has 0 radical (unpaired) electrons. The zero-order chi connectivity index (χ0) is 19.2. The Morgan fingerprint density at radius 3 is 2.48 bits per heavy atom. The van der Waals surface area contributed by atoms with Crippen LogP contribution in [-0.2, 0) is 9.53 Å². The van der Waals surface area contributed by atoms with Crippen molar-refractivity contribution < 1.29 is 14.3 Å². The van der Waals surface area contributed by atoms with Gasteiger partial charge in [0.15, 0.2) is 0 Å². The molecule has 27 heavy (non-hydrogen) atoms. The van der Waals surface area contributed by atoms with E-state index >= 15 is 0 Å². The number of hydrogen-bond acceptors (Lipinski definition) is 6. The van der Waals surface area contributed by atoms with Crippen molar-refractivity contribution in [2.24, 2.45) is 0 Å². The molecule has 3 aromatic rings. The summed E-state index contributed by atoms with van der Waals surface area (Å²) in [5.41, 5.74) is 1.93. The number of rotatable bonds is 6. The van der Waals surface area contributed by atoms with Gasteiger partial charge in [-0.25, -0.2) is 14.5 Å². The van der Waals surface area contributed by atoms with Gasteiger partial charge in [0.1, 0.15) is 6.33 Å². The van der Waals surface area contributed by atoms with Gasteiger partial charge in [0.2, 0.25) is 11.1 Å². The Balaban J connectivity index is 1.59. The van der Waals surface area contributed by atoms with E-state index in [1.165, 1.54) is 18.9 Å². The Kier molecular flexibility index (Phi) is 5.87. The summed E-state index contributed by atoms with van der Waals surface area (Å²) in [5, 5.41) is 7.32. The van der Waals surface area contributed by atoms with E-state index in [0.717, 1.165) is 5.69 Å². The third kappa shape index (κ3) is 4.73. The van der Waals surface area contributed by atoms with E-state index in [1.54, 1.807) is 42.2 Å². The molecule has 0 bridgehead atoms. The van der Waals surface area contributed by atoms with Crippen LogP contribution in [0.4, 0.5) is 5.69 Å². The van der Waals surface area contributed by atoms with Crippen LogP contribution in [0.15, 0.2) is 66.1 Å². The fourth-order valence-corrected chi connectivity index (χ4v) is 3.00. The van der Waals surface area contributed by atoms with Crippen LogP contribution in [0, 0.1) is 0 Å². The highest BCUT2D eigenvalue weighted by Gasteiger charge is 2.17. The Morgan fingerprint density at radius 1 is 1.11 bits per heavy atom. The second-order valence-corrected chi connectivity index (χ2v) is 6.93. The third-order valence-electron chi connectivity index (χ3n) is 3.72. The lowest BCUT2D eigenvalue weighted by Crippen LogP contribution is -2.22. The van der Waals surface area contributed by atoms with Gasteiger partial charge in [0.05, 0.1) is 23.6 Å². The molecule has 8 heteroatoms. The van der Waals surface area contributed by atoms with Crippen LogP contribution in [0.2, 0.25) is 0 Å². The van der Waals surface area contributed by atoms with Crippen LogP contribution in [0.1, 0.15) is 17.3 Å². The van der Waals surface area contributed by atoms with E-state index in [9.17, 15) is 9.59 Å². The van der Waals surface area contributed by atoms with Crippen LogP contribution in [0.3, 0.4) is 0 Å². The number of para-hydroxylation sites is 1. The predicted octanol–water partition coefficient (Wildman–Crippen LogP) is 3.17. The highest BCUT2D eigenvalue weighted by Crippen LogP contribution is 2.21. The van der Waals surface area contributed by atoms with Gasteiger partial charge in [-0.05, 0) is 43.3 Å². The number of esters is 1. The number of amides is 1. The van der Waals surface area contributed by atoms with Crippen molar-refractivity contribution in [1.82, 2.24) is 14.8 Å². The molecule has 1 atom stereocenters. The van der Waals surface area contributed by atoms with Crippen molar-refractivity contribution >= 4 is 29.3 Å². The van der Waals surface area contributed by atoms with Gasteiger partial charge in [-0.1, -0.05) is 30.0 Å². The molecule has 0 fully saturated rings. The molecule has 7 nitrogen and oxygen atoms in total. The predicted molar refractivity (Wildman–Crippen MR) is 103 cm³/mol. The highest BCUT2D eigenvalue weighted by molar-refractivity contribution is 8.00. The number of aromatic nitrogens is 3. The summed E-state index contributed by atoms with van der Waals surface area (Å²) < 4.78 is 6.32. The monoisotopic (exact) mass is 382 g/mol. The topological polar surface area (TPSA) is 86.1 Å². The molecule has 138 valence electrons. The van der Waals surface area contributed by atoms with Gasteiger partial charge in [0, 0.05) is 5.69 Å². The lowest BCUT2D eigenvalue weighted by atomic mass is 10.2. The van der Waals surface area contributed by atoms with Crippen molar-refractivity contribution in [3.8, 4) is 5.69 Å². The van der Waals surface area contributed by atoms with E-state index in [-0.39, 0.29) is 5.91 Å². The number of thioether (sulfide) groups is 1. The van der Waals surface area contributed by atoms with Crippen molar-refractivity contribution in [3.05, 3.63) is 66.5 Å². The van der Waals surface area contributed by atoms with Gasteiger partial charge in [0.25, 0.3) is 0 Å². The maximum atomic E-state index is 12.4. The first-order chi connectivity index (χ1) is 13.1. The van der Waals surface area contributed by atoms with Crippen molar-refractivity contribution in [1.29, 1.82) is 0 Å². The number of carbonyl (C=O) groups excluding carboxylic acids is 2. The third-order valence-corrected chi connectivity index (χ3v) is 4.68. The van der Waals surface area contributed by atoms with Gasteiger partial charge in [-0.15, -0.1) is 5.10 Å². The number of nitrogens with one attached hydrogen (secondary N) is 1. The molecular weight excluding hydrogens is 364 g/mol. The molecule has 0 aliphatic heterocycles.